The van der Waals surface area contributed by atoms with E-state index in [-0.39, 0.29) is 0 Å². The molecule has 0 aliphatic carbocycles. The maximum absolute atomic E-state index is 5.88. The summed E-state index contributed by atoms with van der Waals surface area (Å²) in [4.78, 5) is 13.9. The van der Waals surface area contributed by atoms with Crippen molar-refractivity contribution in [3.8, 4) is 34.5 Å². The molecule has 0 spiro atoms. The first-order valence-corrected chi connectivity index (χ1v) is 28.6. The van der Waals surface area contributed by atoms with Crippen molar-refractivity contribution in [2.75, 3.05) is 170 Å². The van der Waals surface area contributed by atoms with Crippen molar-refractivity contribution in [2.24, 2.45) is 0 Å². The Balaban J connectivity index is 0.000000175. The molecule has 6 aromatic carbocycles. The number of benzene rings is 6. The zero-order chi connectivity index (χ0) is 55.8. The minimum Gasteiger partial charge on any atom is -0.497 e. The highest BCUT2D eigenvalue weighted by molar-refractivity contribution is 8.00. The van der Waals surface area contributed by atoms with Crippen molar-refractivity contribution in [1.82, 2.24) is 0 Å². The fourth-order valence-corrected chi connectivity index (χ4v) is 12.0. The number of fused-ring (bicyclic) bond motifs is 6. The topological polar surface area (TPSA) is 130 Å². The van der Waals surface area contributed by atoms with Gasteiger partial charge in [0.2, 0.25) is 0 Å². The van der Waals surface area contributed by atoms with E-state index >= 15 is 0 Å². The van der Waals surface area contributed by atoms with Gasteiger partial charge in [-0.1, -0.05) is 35.3 Å². The van der Waals surface area contributed by atoms with Crippen molar-refractivity contribution in [3.63, 3.8) is 0 Å². The fraction of sp³-hybridized carbons (Fsp3) is 0.400. The zero-order valence-corrected chi connectivity index (χ0v) is 49.3. The summed E-state index contributed by atoms with van der Waals surface area (Å²) in [6.45, 7) is 11.5. The second-order valence-electron chi connectivity index (χ2n) is 17.5. The number of rotatable bonds is 28. The van der Waals surface area contributed by atoms with Crippen LogP contribution >= 0.6 is 35.3 Å². The third-order valence-corrected chi connectivity index (χ3v) is 15.8. The Hall–Kier alpha value is -5.71. The molecule has 0 fully saturated rings. The number of anilines is 6. The van der Waals surface area contributed by atoms with Gasteiger partial charge < -0.3 is 76.3 Å². The molecule has 0 atom stereocenters. The summed E-state index contributed by atoms with van der Waals surface area (Å²) < 4.78 is 70.1. The molecule has 0 saturated carbocycles. The molecule has 16 nitrogen and oxygen atoms in total. The maximum atomic E-state index is 5.88. The average molecular weight is 1140 g/mol. The predicted octanol–water partition coefficient (Wildman–Crippen LogP) is 12.3. The van der Waals surface area contributed by atoms with Crippen LogP contribution in [0, 0.1) is 0 Å². The molecule has 0 amide bonds. The Morgan fingerprint density at radius 1 is 0.291 bits per heavy atom. The van der Waals surface area contributed by atoms with E-state index in [4.69, 9.17) is 61.6 Å². The highest BCUT2D eigenvalue weighted by Gasteiger charge is 2.27. The van der Waals surface area contributed by atoms with Crippen LogP contribution in [0.25, 0.3) is 0 Å². The van der Waals surface area contributed by atoms with E-state index in [9.17, 15) is 0 Å². The minimum absolute atomic E-state index is 0.506. The van der Waals surface area contributed by atoms with Crippen LogP contribution in [0.2, 0.25) is 0 Å². The summed E-state index contributed by atoms with van der Waals surface area (Å²) in [5, 5.41) is 0. The molecule has 0 aromatic heterocycles. The van der Waals surface area contributed by atoms with Crippen molar-refractivity contribution < 1.29 is 61.6 Å². The lowest BCUT2D eigenvalue weighted by Crippen LogP contribution is -2.25. The molecule has 3 aliphatic heterocycles. The summed E-state index contributed by atoms with van der Waals surface area (Å²) in [5.74, 6) is 5.12. The van der Waals surface area contributed by atoms with Gasteiger partial charge in [0, 0.05) is 77.4 Å². The van der Waals surface area contributed by atoms with Crippen LogP contribution in [0.15, 0.2) is 139 Å². The van der Waals surface area contributed by atoms with Gasteiger partial charge in [-0.25, -0.2) is 0 Å². The van der Waals surface area contributed by atoms with Gasteiger partial charge in [-0.15, -0.1) is 0 Å². The molecule has 79 heavy (non-hydrogen) atoms. The molecule has 3 heterocycles. The molecule has 426 valence electrons. The van der Waals surface area contributed by atoms with Crippen LogP contribution in [0.1, 0.15) is 6.92 Å². The Morgan fingerprint density at radius 3 is 0.861 bits per heavy atom. The summed E-state index contributed by atoms with van der Waals surface area (Å²) in [6, 6.07) is 37.1. The predicted molar refractivity (Wildman–Crippen MR) is 315 cm³/mol. The largest absolute Gasteiger partial charge is 0.497 e. The standard InChI is InChI=1S/C24H33NO6S.C19H23NO4S.C17H19NO3S/c1-4-25-21-7-5-19(30-15-13-28-11-9-26-2)17-23(21)32-24-18-20(6-8-22(24)25)31-16-14-29-12-10-27-3;1-21-10-11-24-9-8-20-16-6-4-14(22-2)12-18(16)25-19-13-15(23-3)5-7-17(19)20;1-19-9-8-18-14-6-4-12(20-2)10-16(14)22-17-11-13(21-3)5-7-15(17)18/h5-8,17-18H,4,9-16H2,1-3H3;4-7,12-13H,8-11H2,1-3H3;4-7,10-11H,8-9H2,1-3H3. The molecule has 19 heteroatoms. The van der Waals surface area contributed by atoms with Crippen LogP contribution in [0.3, 0.4) is 0 Å². The molecule has 3 aliphatic rings. The summed E-state index contributed by atoms with van der Waals surface area (Å²) in [6.07, 6.45) is 0. The average Bonchev–Trinajstić information content (AvgIpc) is 3.52. The Morgan fingerprint density at radius 2 is 0.557 bits per heavy atom. The zero-order valence-electron chi connectivity index (χ0n) is 46.9. The first-order chi connectivity index (χ1) is 38.8. The Labute approximate surface area is 479 Å². The van der Waals surface area contributed by atoms with E-state index in [1.54, 1.807) is 92.2 Å². The first kappa shape index (κ1) is 60.9. The van der Waals surface area contributed by atoms with Crippen LogP contribution in [0.4, 0.5) is 34.1 Å². The van der Waals surface area contributed by atoms with E-state index in [2.05, 4.69) is 94.4 Å². The number of methoxy groups -OCH3 is 8. The van der Waals surface area contributed by atoms with Gasteiger partial charge in [0.05, 0.1) is 129 Å². The van der Waals surface area contributed by atoms with E-state index < -0.39 is 0 Å². The molecule has 0 saturated heterocycles. The summed E-state index contributed by atoms with van der Waals surface area (Å²) in [5.41, 5.74) is 7.07. The molecule has 0 radical (unpaired) electrons. The second kappa shape index (κ2) is 32.5. The van der Waals surface area contributed by atoms with Crippen molar-refractivity contribution in [3.05, 3.63) is 109 Å². The minimum atomic E-state index is 0.506. The van der Waals surface area contributed by atoms with Gasteiger partial charge in [0.1, 0.15) is 47.7 Å². The lowest BCUT2D eigenvalue weighted by atomic mass is 10.2. The third kappa shape index (κ3) is 16.9. The molecular weight excluding hydrogens is 1070 g/mol. The Bertz CT molecular complexity index is 2660. The van der Waals surface area contributed by atoms with Crippen LogP contribution < -0.4 is 43.1 Å². The summed E-state index contributed by atoms with van der Waals surface area (Å²) in [7, 11) is 13.5. The van der Waals surface area contributed by atoms with Crippen LogP contribution in [-0.4, -0.2) is 156 Å². The fourth-order valence-electron chi connectivity index (χ4n) is 8.56. The Kier molecular flexibility index (Phi) is 25.1. The van der Waals surface area contributed by atoms with Crippen LogP contribution in [0.5, 0.6) is 34.5 Å². The lowest BCUT2D eigenvalue weighted by molar-refractivity contribution is 0.0544. The molecule has 0 unspecified atom stereocenters. The normalized spacial score (nSPS) is 12.5. The van der Waals surface area contributed by atoms with Gasteiger partial charge >= 0.3 is 0 Å². The van der Waals surface area contributed by atoms with Gasteiger partial charge in [0.15, 0.2) is 0 Å². The smallest absolute Gasteiger partial charge is 0.120 e. The number of ether oxygens (including phenoxy) is 13. The van der Waals surface area contributed by atoms with E-state index in [0.29, 0.717) is 79.3 Å². The number of nitrogens with zero attached hydrogens (tertiary/aromatic N) is 3. The monoisotopic (exact) mass is 1140 g/mol. The quantitative estimate of drug-likeness (QED) is 0.0432. The van der Waals surface area contributed by atoms with Gasteiger partial charge in [0.25, 0.3) is 0 Å². The second-order valence-corrected chi connectivity index (χ2v) is 20.7. The number of hydrogen-bond acceptors (Lipinski definition) is 19. The SMILES string of the molecule is CCN1c2ccc(OCCOCCOC)cc2Sc2cc(OCCOCCOC)ccc21.COCCN1c2ccc(OC)cc2Sc2cc(OC)ccc21.COCCOCCN1c2ccc(OC)cc2Sc2cc(OC)ccc21. The van der Waals surface area contributed by atoms with Gasteiger partial charge in [-0.05, 0) is 116 Å². The lowest BCUT2D eigenvalue weighted by Gasteiger charge is -2.33. The highest BCUT2D eigenvalue weighted by Crippen LogP contribution is 2.53. The molecule has 6 aromatic rings. The van der Waals surface area contributed by atoms with E-state index in [1.807, 2.05) is 36.4 Å². The molecule has 0 bridgehead atoms. The van der Waals surface area contributed by atoms with Gasteiger partial charge in [-0.3, -0.25) is 0 Å². The molecular formula is C60H75N3O13S3. The van der Waals surface area contributed by atoms with Crippen molar-refractivity contribution >= 4 is 69.4 Å². The summed E-state index contributed by atoms with van der Waals surface area (Å²) >= 11 is 5.20. The number of hydrogen-bond donors (Lipinski definition) is 0. The van der Waals surface area contributed by atoms with Gasteiger partial charge in [-0.2, -0.15) is 0 Å². The van der Waals surface area contributed by atoms with Crippen LogP contribution in [-0.2, 0) is 33.2 Å². The molecule has 0 N–H and O–H groups in total. The molecule has 9 rings (SSSR count). The van der Waals surface area contributed by atoms with E-state index in [1.165, 1.54) is 43.9 Å². The van der Waals surface area contributed by atoms with Crippen molar-refractivity contribution in [1.29, 1.82) is 0 Å². The first-order valence-electron chi connectivity index (χ1n) is 26.1. The van der Waals surface area contributed by atoms with E-state index in [0.717, 1.165) is 73.7 Å². The maximum Gasteiger partial charge on any atom is 0.120 e. The highest BCUT2D eigenvalue weighted by atomic mass is 32.2. The van der Waals surface area contributed by atoms with Crippen molar-refractivity contribution in [2.45, 2.75) is 36.3 Å². The third-order valence-electron chi connectivity index (χ3n) is 12.5.